The molecule has 0 N–H and O–H groups in total. The monoisotopic (exact) mass is 272 g/mol. The van der Waals surface area contributed by atoms with Crippen LogP contribution in [0.15, 0.2) is 48.1 Å². The number of benzene rings is 1. The second kappa shape index (κ2) is 5.51. The van der Waals surface area contributed by atoms with Crippen LogP contribution in [-0.2, 0) is 20.9 Å². The zero-order valence-corrected chi connectivity index (χ0v) is 11.2. The molecule has 104 valence electrons. The molecule has 20 heavy (non-hydrogen) atoms. The minimum absolute atomic E-state index is 0.0230. The minimum atomic E-state index is -0.259. The number of fused-ring (bicyclic) bond motifs is 1. The Morgan fingerprint density at radius 1 is 1.30 bits per heavy atom. The summed E-state index contributed by atoms with van der Waals surface area (Å²) in [5, 5.41) is 0. The summed E-state index contributed by atoms with van der Waals surface area (Å²) in [7, 11) is 1.65. The third-order valence-corrected chi connectivity index (χ3v) is 3.49. The lowest BCUT2D eigenvalue weighted by atomic mass is 9.97. The number of rotatable bonds is 4. The normalized spacial score (nSPS) is 24.1. The minimum Gasteiger partial charge on any atom is -0.497 e. The van der Waals surface area contributed by atoms with E-state index in [0.717, 1.165) is 16.9 Å². The van der Waals surface area contributed by atoms with Gasteiger partial charge in [0.25, 0.3) is 0 Å². The van der Waals surface area contributed by atoms with Crippen LogP contribution < -0.4 is 4.74 Å². The zero-order valence-electron chi connectivity index (χ0n) is 11.2. The van der Waals surface area contributed by atoms with Gasteiger partial charge in [0.1, 0.15) is 11.9 Å². The summed E-state index contributed by atoms with van der Waals surface area (Å²) in [6.45, 7) is 0.527. The third-order valence-electron chi connectivity index (χ3n) is 3.49. The lowest BCUT2D eigenvalue weighted by molar-refractivity contribution is -0.139. The van der Waals surface area contributed by atoms with Crippen molar-refractivity contribution >= 4 is 5.97 Å². The Balaban J connectivity index is 1.56. The van der Waals surface area contributed by atoms with Crippen molar-refractivity contribution in [3.63, 3.8) is 0 Å². The second-order valence-corrected chi connectivity index (χ2v) is 4.86. The molecule has 0 unspecified atom stereocenters. The first kappa shape index (κ1) is 12.9. The number of methoxy groups -OCH3 is 1. The van der Waals surface area contributed by atoms with Gasteiger partial charge in [0.15, 0.2) is 0 Å². The van der Waals surface area contributed by atoms with E-state index in [0.29, 0.717) is 13.0 Å². The van der Waals surface area contributed by atoms with Crippen molar-refractivity contribution in [1.82, 2.24) is 0 Å². The van der Waals surface area contributed by atoms with E-state index in [1.54, 1.807) is 13.2 Å². The van der Waals surface area contributed by atoms with E-state index in [2.05, 4.69) is 0 Å². The summed E-state index contributed by atoms with van der Waals surface area (Å²) >= 11 is 0. The Kier molecular flexibility index (Phi) is 3.56. The second-order valence-electron chi connectivity index (χ2n) is 4.86. The van der Waals surface area contributed by atoms with Crippen LogP contribution in [0.5, 0.6) is 5.75 Å². The number of ether oxygens (including phenoxy) is 3. The Hall–Kier alpha value is -2.07. The Labute approximate surface area is 117 Å². The van der Waals surface area contributed by atoms with Crippen LogP contribution in [-0.4, -0.2) is 25.3 Å². The number of hydrogen-bond acceptors (Lipinski definition) is 4. The molecule has 3 rings (SSSR count). The first-order chi connectivity index (χ1) is 9.74. The van der Waals surface area contributed by atoms with E-state index >= 15 is 0 Å². The molecule has 0 radical (unpaired) electrons. The van der Waals surface area contributed by atoms with Crippen molar-refractivity contribution in [2.24, 2.45) is 0 Å². The summed E-state index contributed by atoms with van der Waals surface area (Å²) in [5.74, 6) is 0.574. The number of esters is 1. The van der Waals surface area contributed by atoms with Gasteiger partial charge >= 0.3 is 5.97 Å². The highest BCUT2D eigenvalue weighted by molar-refractivity contribution is 5.86. The van der Waals surface area contributed by atoms with E-state index in [1.807, 2.05) is 36.4 Å². The maximum Gasteiger partial charge on any atom is 0.331 e. The van der Waals surface area contributed by atoms with Gasteiger partial charge in [0.05, 0.1) is 19.8 Å². The molecule has 1 aromatic carbocycles. The van der Waals surface area contributed by atoms with Crippen molar-refractivity contribution in [3.8, 4) is 5.75 Å². The van der Waals surface area contributed by atoms with Gasteiger partial charge in [0, 0.05) is 12.5 Å². The van der Waals surface area contributed by atoms with Gasteiger partial charge in [-0.05, 0) is 23.3 Å². The Morgan fingerprint density at radius 3 is 2.85 bits per heavy atom. The van der Waals surface area contributed by atoms with Crippen LogP contribution in [0.25, 0.3) is 0 Å². The van der Waals surface area contributed by atoms with Gasteiger partial charge in [-0.1, -0.05) is 24.3 Å². The lowest BCUT2D eigenvalue weighted by Crippen LogP contribution is -2.24. The molecule has 0 spiro atoms. The molecule has 1 heterocycles. The largest absolute Gasteiger partial charge is 0.497 e. The van der Waals surface area contributed by atoms with Gasteiger partial charge in [-0.3, -0.25) is 0 Å². The molecule has 0 aromatic heterocycles. The van der Waals surface area contributed by atoms with Crippen LogP contribution in [0.4, 0.5) is 0 Å². The summed E-state index contributed by atoms with van der Waals surface area (Å²) in [6.07, 6.45) is 5.95. The maximum atomic E-state index is 11.2. The number of carbonyl (C=O) groups is 1. The molecular formula is C16H16O4. The summed E-state index contributed by atoms with van der Waals surface area (Å²) in [6, 6.07) is 7.78. The average molecular weight is 272 g/mol. The fourth-order valence-electron chi connectivity index (χ4n) is 2.37. The van der Waals surface area contributed by atoms with E-state index in [-0.39, 0.29) is 18.2 Å². The standard InChI is InChI=1S/C16H16O4/c1-18-13-5-2-11(3-6-13)10-19-14-7-4-12-8-16(17)20-15(12)9-14/h2-8,14-15H,9-10H2,1H3/t14-,15-/m1/s1. The first-order valence-corrected chi connectivity index (χ1v) is 6.59. The highest BCUT2D eigenvalue weighted by Crippen LogP contribution is 2.27. The van der Waals surface area contributed by atoms with Crippen LogP contribution in [0.2, 0.25) is 0 Å². The smallest absolute Gasteiger partial charge is 0.331 e. The van der Waals surface area contributed by atoms with Crippen LogP contribution in [0.3, 0.4) is 0 Å². The molecule has 0 amide bonds. The predicted molar refractivity (Wildman–Crippen MR) is 73.3 cm³/mol. The van der Waals surface area contributed by atoms with Crippen LogP contribution in [0.1, 0.15) is 12.0 Å². The number of carbonyl (C=O) groups excluding carboxylic acids is 1. The van der Waals surface area contributed by atoms with Crippen molar-refractivity contribution in [3.05, 3.63) is 53.6 Å². The molecule has 2 aliphatic rings. The van der Waals surface area contributed by atoms with Crippen molar-refractivity contribution in [2.75, 3.05) is 7.11 Å². The molecule has 1 aliphatic heterocycles. The molecule has 1 aliphatic carbocycles. The molecule has 4 heteroatoms. The van der Waals surface area contributed by atoms with E-state index in [1.165, 1.54) is 0 Å². The first-order valence-electron chi connectivity index (χ1n) is 6.59. The average Bonchev–Trinajstić information content (AvgIpc) is 2.85. The van der Waals surface area contributed by atoms with Crippen LogP contribution in [0, 0.1) is 0 Å². The Bertz CT molecular complexity index is 556. The van der Waals surface area contributed by atoms with E-state index < -0.39 is 0 Å². The van der Waals surface area contributed by atoms with Gasteiger partial charge in [0.2, 0.25) is 0 Å². The summed E-state index contributed by atoms with van der Waals surface area (Å²) < 4.78 is 16.2. The maximum absolute atomic E-state index is 11.2. The quantitative estimate of drug-likeness (QED) is 0.789. The summed E-state index contributed by atoms with van der Waals surface area (Å²) in [4.78, 5) is 11.2. The van der Waals surface area contributed by atoms with Crippen molar-refractivity contribution < 1.29 is 19.0 Å². The molecule has 0 saturated heterocycles. The van der Waals surface area contributed by atoms with Gasteiger partial charge in [-0.2, -0.15) is 0 Å². The fraction of sp³-hybridized carbons (Fsp3) is 0.312. The van der Waals surface area contributed by atoms with Gasteiger partial charge in [-0.25, -0.2) is 4.79 Å². The number of hydrogen-bond donors (Lipinski definition) is 0. The highest BCUT2D eigenvalue weighted by atomic mass is 16.6. The van der Waals surface area contributed by atoms with Crippen LogP contribution >= 0.6 is 0 Å². The molecule has 0 fully saturated rings. The van der Waals surface area contributed by atoms with Gasteiger partial charge < -0.3 is 14.2 Å². The van der Waals surface area contributed by atoms with Crippen molar-refractivity contribution in [2.45, 2.75) is 25.2 Å². The topological polar surface area (TPSA) is 44.8 Å². The van der Waals surface area contributed by atoms with Crippen molar-refractivity contribution in [1.29, 1.82) is 0 Å². The molecule has 2 atom stereocenters. The van der Waals surface area contributed by atoms with E-state index in [4.69, 9.17) is 14.2 Å². The fourth-order valence-corrected chi connectivity index (χ4v) is 2.37. The predicted octanol–water partition coefficient (Wildman–Crippen LogP) is 2.39. The zero-order chi connectivity index (χ0) is 13.9. The molecule has 0 bridgehead atoms. The Morgan fingerprint density at radius 2 is 2.10 bits per heavy atom. The molecule has 4 nitrogen and oxygen atoms in total. The third kappa shape index (κ3) is 2.75. The van der Waals surface area contributed by atoms with E-state index in [9.17, 15) is 4.79 Å². The molecule has 0 saturated carbocycles. The SMILES string of the molecule is COc1ccc(CO[C@@H]2C=CC3=CC(=O)O[C@@H]3C2)cc1. The highest BCUT2D eigenvalue weighted by Gasteiger charge is 2.30. The lowest BCUT2D eigenvalue weighted by Gasteiger charge is -2.23. The molecular weight excluding hydrogens is 256 g/mol. The van der Waals surface area contributed by atoms with Gasteiger partial charge in [-0.15, -0.1) is 0 Å². The molecule has 1 aromatic rings. The summed E-state index contributed by atoms with van der Waals surface area (Å²) in [5.41, 5.74) is 2.03.